The SMILES string of the molecule is COc1ccc(C(=O)Nc2ccc(CC(=O)O)cc2)cc1Br. The lowest BCUT2D eigenvalue weighted by Crippen LogP contribution is -2.12. The number of hydrogen-bond acceptors (Lipinski definition) is 3. The van der Waals surface area contributed by atoms with E-state index in [-0.39, 0.29) is 12.3 Å². The Bertz CT molecular complexity index is 698. The number of carbonyl (C=O) groups is 2. The van der Waals surface area contributed by atoms with Gasteiger partial charge in [0, 0.05) is 11.3 Å². The van der Waals surface area contributed by atoms with Gasteiger partial charge in [-0.3, -0.25) is 9.59 Å². The van der Waals surface area contributed by atoms with Crippen LogP contribution in [0.2, 0.25) is 0 Å². The van der Waals surface area contributed by atoms with Crippen LogP contribution in [0.15, 0.2) is 46.9 Å². The molecule has 0 spiro atoms. The largest absolute Gasteiger partial charge is 0.496 e. The Labute approximate surface area is 136 Å². The number of carboxylic acids is 1. The summed E-state index contributed by atoms with van der Waals surface area (Å²) in [6, 6.07) is 11.7. The Hall–Kier alpha value is -2.34. The molecular formula is C16H14BrNO4. The number of anilines is 1. The molecule has 0 radical (unpaired) electrons. The van der Waals surface area contributed by atoms with Gasteiger partial charge in [0.1, 0.15) is 5.75 Å². The van der Waals surface area contributed by atoms with Crippen LogP contribution in [0.1, 0.15) is 15.9 Å². The fourth-order valence-corrected chi connectivity index (χ4v) is 2.43. The Morgan fingerprint density at radius 1 is 1.18 bits per heavy atom. The van der Waals surface area contributed by atoms with Gasteiger partial charge in [0.25, 0.3) is 5.91 Å². The number of hydrogen-bond donors (Lipinski definition) is 2. The van der Waals surface area contributed by atoms with Crippen LogP contribution in [0.5, 0.6) is 5.75 Å². The summed E-state index contributed by atoms with van der Waals surface area (Å²) in [7, 11) is 1.55. The van der Waals surface area contributed by atoms with Gasteiger partial charge in [-0.05, 0) is 51.8 Å². The zero-order chi connectivity index (χ0) is 16.1. The van der Waals surface area contributed by atoms with Crippen LogP contribution in [0.3, 0.4) is 0 Å². The van der Waals surface area contributed by atoms with Crippen molar-refractivity contribution in [2.24, 2.45) is 0 Å². The lowest BCUT2D eigenvalue weighted by Gasteiger charge is -2.08. The highest BCUT2D eigenvalue weighted by Gasteiger charge is 2.09. The van der Waals surface area contributed by atoms with Gasteiger partial charge in [0.05, 0.1) is 18.0 Å². The summed E-state index contributed by atoms with van der Waals surface area (Å²) in [5.41, 5.74) is 1.77. The standard InChI is InChI=1S/C16H14BrNO4/c1-22-14-7-4-11(9-13(14)17)16(21)18-12-5-2-10(3-6-12)8-15(19)20/h2-7,9H,8H2,1H3,(H,18,21)(H,19,20). The average molecular weight is 364 g/mol. The minimum absolute atomic E-state index is 0.0420. The Morgan fingerprint density at radius 2 is 1.86 bits per heavy atom. The maximum absolute atomic E-state index is 12.2. The van der Waals surface area contributed by atoms with Gasteiger partial charge < -0.3 is 15.2 Å². The molecule has 0 aromatic heterocycles. The summed E-state index contributed by atoms with van der Waals surface area (Å²) in [5.74, 6) is -0.497. The van der Waals surface area contributed by atoms with Gasteiger partial charge in [0.2, 0.25) is 0 Å². The number of carbonyl (C=O) groups excluding carboxylic acids is 1. The van der Waals surface area contributed by atoms with E-state index in [0.29, 0.717) is 27.0 Å². The maximum Gasteiger partial charge on any atom is 0.307 e. The molecule has 1 amide bonds. The second-order valence-corrected chi connectivity index (χ2v) is 5.43. The van der Waals surface area contributed by atoms with Crippen molar-refractivity contribution in [2.75, 3.05) is 12.4 Å². The third-order valence-corrected chi connectivity index (χ3v) is 3.60. The number of aliphatic carboxylic acids is 1. The molecule has 0 saturated carbocycles. The maximum atomic E-state index is 12.2. The predicted molar refractivity (Wildman–Crippen MR) is 86.4 cm³/mol. The molecule has 0 unspecified atom stereocenters. The highest BCUT2D eigenvalue weighted by molar-refractivity contribution is 9.10. The molecule has 0 heterocycles. The van der Waals surface area contributed by atoms with E-state index in [1.807, 2.05) is 0 Å². The van der Waals surface area contributed by atoms with Crippen LogP contribution in [-0.2, 0) is 11.2 Å². The lowest BCUT2D eigenvalue weighted by atomic mass is 10.1. The number of carboxylic acid groups (broad SMARTS) is 1. The first-order chi connectivity index (χ1) is 10.5. The Kier molecular flexibility index (Phi) is 5.16. The summed E-state index contributed by atoms with van der Waals surface area (Å²) in [5, 5.41) is 11.5. The highest BCUT2D eigenvalue weighted by atomic mass is 79.9. The number of nitrogens with one attached hydrogen (secondary N) is 1. The van der Waals surface area contributed by atoms with Crippen LogP contribution in [0, 0.1) is 0 Å². The molecule has 2 rings (SSSR count). The minimum Gasteiger partial charge on any atom is -0.496 e. The van der Waals surface area contributed by atoms with Crippen molar-refractivity contribution >= 4 is 33.5 Å². The molecule has 0 aliphatic carbocycles. The number of amides is 1. The Morgan fingerprint density at radius 3 is 2.41 bits per heavy atom. The van der Waals surface area contributed by atoms with Crippen molar-refractivity contribution in [3.8, 4) is 5.75 Å². The molecule has 2 aromatic carbocycles. The molecule has 0 atom stereocenters. The summed E-state index contributed by atoms with van der Waals surface area (Å²) < 4.78 is 5.81. The predicted octanol–water partition coefficient (Wildman–Crippen LogP) is 3.34. The van der Waals surface area contributed by atoms with E-state index in [1.54, 1.807) is 49.6 Å². The second-order valence-electron chi connectivity index (χ2n) is 4.57. The van der Waals surface area contributed by atoms with Gasteiger partial charge in [-0.15, -0.1) is 0 Å². The molecule has 0 aliphatic rings. The van der Waals surface area contributed by atoms with Crippen molar-refractivity contribution in [3.63, 3.8) is 0 Å². The second kappa shape index (κ2) is 7.09. The Balaban J connectivity index is 2.08. The number of halogens is 1. The molecule has 6 heteroatoms. The molecule has 0 aliphatic heterocycles. The molecule has 114 valence electrons. The van der Waals surface area contributed by atoms with Crippen molar-refractivity contribution in [3.05, 3.63) is 58.1 Å². The van der Waals surface area contributed by atoms with Crippen LogP contribution in [0.4, 0.5) is 5.69 Å². The minimum atomic E-state index is -0.889. The van der Waals surface area contributed by atoms with Gasteiger partial charge in [0.15, 0.2) is 0 Å². The fraction of sp³-hybridized carbons (Fsp3) is 0.125. The van der Waals surface area contributed by atoms with E-state index < -0.39 is 5.97 Å². The van der Waals surface area contributed by atoms with Crippen LogP contribution >= 0.6 is 15.9 Å². The van der Waals surface area contributed by atoms with Crippen LogP contribution in [0.25, 0.3) is 0 Å². The summed E-state index contributed by atoms with van der Waals surface area (Å²) in [4.78, 5) is 22.8. The van der Waals surface area contributed by atoms with Crippen LogP contribution in [-0.4, -0.2) is 24.1 Å². The van der Waals surface area contributed by atoms with Gasteiger partial charge in [-0.25, -0.2) is 0 Å². The van der Waals surface area contributed by atoms with E-state index in [2.05, 4.69) is 21.2 Å². The quantitative estimate of drug-likeness (QED) is 0.853. The topological polar surface area (TPSA) is 75.6 Å². The third kappa shape index (κ3) is 4.08. The molecular weight excluding hydrogens is 350 g/mol. The van der Waals surface area contributed by atoms with Crippen LogP contribution < -0.4 is 10.1 Å². The van der Waals surface area contributed by atoms with Crippen molar-refractivity contribution in [2.45, 2.75) is 6.42 Å². The number of rotatable bonds is 5. The van der Waals surface area contributed by atoms with Gasteiger partial charge in [-0.1, -0.05) is 12.1 Å². The first-order valence-corrected chi connectivity index (χ1v) is 7.24. The van der Waals surface area contributed by atoms with E-state index in [4.69, 9.17) is 9.84 Å². The normalized spacial score (nSPS) is 10.1. The van der Waals surface area contributed by atoms with Gasteiger partial charge in [-0.2, -0.15) is 0 Å². The zero-order valence-electron chi connectivity index (χ0n) is 11.8. The van der Waals surface area contributed by atoms with Gasteiger partial charge >= 0.3 is 5.97 Å². The molecule has 2 N–H and O–H groups in total. The summed E-state index contributed by atoms with van der Waals surface area (Å²) >= 11 is 3.33. The highest BCUT2D eigenvalue weighted by Crippen LogP contribution is 2.25. The molecule has 22 heavy (non-hydrogen) atoms. The molecule has 5 nitrogen and oxygen atoms in total. The number of methoxy groups -OCH3 is 1. The lowest BCUT2D eigenvalue weighted by molar-refractivity contribution is -0.136. The van der Waals surface area contributed by atoms with E-state index >= 15 is 0 Å². The van der Waals surface area contributed by atoms with E-state index in [1.165, 1.54) is 0 Å². The van der Waals surface area contributed by atoms with Crippen molar-refractivity contribution in [1.82, 2.24) is 0 Å². The zero-order valence-corrected chi connectivity index (χ0v) is 13.4. The smallest absolute Gasteiger partial charge is 0.307 e. The van der Waals surface area contributed by atoms with Crippen molar-refractivity contribution < 1.29 is 19.4 Å². The summed E-state index contributed by atoms with van der Waals surface area (Å²) in [6.45, 7) is 0. The monoisotopic (exact) mass is 363 g/mol. The molecule has 0 fully saturated rings. The molecule has 0 saturated heterocycles. The molecule has 0 bridgehead atoms. The average Bonchev–Trinajstić information content (AvgIpc) is 2.48. The van der Waals surface area contributed by atoms with Crippen molar-refractivity contribution in [1.29, 1.82) is 0 Å². The first kappa shape index (κ1) is 16.0. The van der Waals surface area contributed by atoms with E-state index in [0.717, 1.165) is 0 Å². The summed E-state index contributed by atoms with van der Waals surface area (Å²) in [6.07, 6.45) is -0.0420. The van der Waals surface area contributed by atoms with E-state index in [9.17, 15) is 9.59 Å². The third-order valence-electron chi connectivity index (χ3n) is 2.98. The number of benzene rings is 2. The fourth-order valence-electron chi connectivity index (χ4n) is 1.89. The molecule has 2 aromatic rings. The number of ether oxygens (including phenoxy) is 1. The first-order valence-electron chi connectivity index (χ1n) is 6.45.